The summed E-state index contributed by atoms with van der Waals surface area (Å²) in [5, 5.41) is 0. The van der Waals surface area contributed by atoms with E-state index in [1.54, 1.807) is 7.11 Å². The van der Waals surface area contributed by atoms with Crippen molar-refractivity contribution in [1.29, 1.82) is 0 Å². The lowest BCUT2D eigenvalue weighted by atomic mass is 10.1. The number of hydrogen-bond donors (Lipinski definition) is 1. The summed E-state index contributed by atoms with van der Waals surface area (Å²) >= 11 is 3.45. The summed E-state index contributed by atoms with van der Waals surface area (Å²) in [4.78, 5) is 8.95. The van der Waals surface area contributed by atoms with Crippen LogP contribution in [-0.4, -0.2) is 17.1 Å². The number of ether oxygens (including phenoxy) is 1. The maximum Gasteiger partial charge on any atom is 0.141 e. The van der Waals surface area contributed by atoms with E-state index in [1.807, 2.05) is 24.3 Å². The Morgan fingerprint density at radius 3 is 2.70 bits per heavy atom. The first kappa shape index (κ1) is 14.8. The van der Waals surface area contributed by atoms with Crippen LogP contribution in [0.15, 0.2) is 28.7 Å². The van der Waals surface area contributed by atoms with Crippen LogP contribution in [0.25, 0.3) is 0 Å². The van der Waals surface area contributed by atoms with Gasteiger partial charge in [0.15, 0.2) is 0 Å². The van der Waals surface area contributed by atoms with Crippen molar-refractivity contribution in [1.82, 2.24) is 9.97 Å². The van der Waals surface area contributed by atoms with Crippen molar-refractivity contribution in [2.75, 3.05) is 12.8 Å². The van der Waals surface area contributed by atoms with Gasteiger partial charge >= 0.3 is 0 Å². The molecule has 2 N–H and O–H groups in total. The number of rotatable bonds is 4. The van der Waals surface area contributed by atoms with Crippen molar-refractivity contribution >= 4 is 21.7 Å². The first-order valence-corrected chi connectivity index (χ1v) is 7.25. The van der Waals surface area contributed by atoms with Gasteiger partial charge < -0.3 is 10.5 Å². The number of halogens is 1. The fourth-order valence-corrected chi connectivity index (χ4v) is 2.59. The molecule has 0 spiro atoms. The molecule has 0 atom stereocenters. The fourth-order valence-electron chi connectivity index (χ4n) is 1.96. The maximum atomic E-state index is 5.95. The topological polar surface area (TPSA) is 61.0 Å². The van der Waals surface area contributed by atoms with E-state index >= 15 is 0 Å². The maximum absolute atomic E-state index is 5.95. The van der Waals surface area contributed by atoms with Crippen LogP contribution >= 0.6 is 15.9 Å². The van der Waals surface area contributed by atoms with Crippen molar-refractivity contribution in [3.05, 3.63) is 45.8 Å². The quantitative estimate of drug-likeness (QED) is 0.928. The summed E-state index contributed by atoms with van der Waals surface area (Å²) in [5.74, 6) is 2.33. The molecular formula is C15H18BrN3O. The van der Waals surface area contributed by atoms with Gasteiger partial charge in [0.2, 0.25) is 0 Å². The van der Waals surface area contributed by atoms with Crippen LogP contribution in [0.2, 0.25) is 0 Å². The fraction of sp³-hybridized carbons (Fsp3) is 0.333. The standard InChI is InChI=1S/C15H18BrN3O/c1-9(2)14-13(16)15(17)19-12(18-14)8-10-5-4-6-11(7-10)20-3/h4-7,9H,8H2,1-3H3,(H2,17,18,19). The van der Waals surface area contributed by atoms with E-state index in [2.05, 4.69) is 39.7 Å². The van der Waals surface area contributed by atoms with Gasteiger partial charge in [-0.25, -0.2) is 9.97 Å². The van der Waals surface area contributed by atoms with E-state index in [1.165, 1.54) is 0 Å². The van der Waals surface area contributed by atoms with Gasteiger partial charge in [-0.3, -0.25) is 0 Å². The number of aromatic nitrogens is 2. The highest BCUT2D eigenvalue weighted by Gasteiger charge is 2.13. The molecule has 4 nitrogen and oxygen atoms in total. The Kier molecular flexibility index (Phi) is 4.60. The SMILES string of the molecule is COc1cccc(Cc2nc(N)c(Br)c(C(C)C)n2)c1. The zero-order valence-electron chi connectivity index (χ0n) is 11.9. The molecule has 106 valence electrons. The van der Waals surface area contributed by atoms with E-state index in [-0.39, 0.29) is 0 Å². The van der Waals surface area contributed by atoms with Crippen LogP contribution < -0.4 is 10.5 Å². The van der Waals surface area contributed by atoms with E-state index in [9.17, 15) is 0 Å². The average molecular weight is 336 g/mol. The second-order valence-electron chi connectivity index (χ2n) is 4.91. The summed E-state index contributed by atoms with van der Waals surface area (Å²) in [6.45, 7) is 4.17. The molecule has 0 unspecified atom stereocenters. The Morgan fingerprint density at radius 2 is 2.05 bits per heavy atom. The molecule has 0 radical (unpaired) electrons. The molecule has 0 aliphatic heterocycles. The molecule has 1 aromatic carbocycles. The lowest BCUT2D eigenvalue weighted by molar-refractivity contribution is 0.414. The molecular weight excluding hydrogens is 318 g/mol. The Balaban J connectivity index is 2.33. The molecule has 0 aliphatic rings. The number of methoxy groups -OCH3 is 1. The van der Waals surface area contributed by atoms with Crippen LogP contribution in [0.4, 0.5) is 5.82 Å². The third-order valence-corrected chi connectivity index (χ3v) is 3.80. The average Bonchev–Trinajstić information content (AvgIpc) is 2.42. The summed E-state index contributed by atoms with van der Waals surface area (Å²) < 4.78 is 6.02. The second-order valence-corrected chi connectivity index (χ2v) is 5.70. The van der Waals surface area contributed by atoms with E-state index in [0.717, 1.165) is 27.3 Å². The number of nitrogen functional groups attached to an aromatic ring is 1. The van der Waals surface area contributed by atoms with Gasteiger partial charge in [0.05, 0.1) is 17.3 Å². The highest BCUT2D eigenvalue weighted by molar-refractivity contribution is 9.10. The number of benzene rings is 1. The highest BCUT2D eigenvalue weighted by Crippen LogP contribution is 2.27. The van der Waals surface area contributed by atoms with E-state index in [0.29, 0.717) is 18.2 Å². The van der Waals surface area contributed by atoms with Crippen molar-refractivity contribution in [2.24, 2.45) is 0 Å². The molecule has 2 aromatic rings. The number of nitrogens with zero attached hydrogens (tertiary/aromatic N) is 2. The molecule has 1 heterocycles. The Morgan fingerprint density at radius 1 is 1.30 bits per heavy atom. The predicted molar refractivity (Wildman–Crippen MR) is 84.0 cm³/mol. The minimum absolute atomic E-state index is 0.290. The Hall–Kier alpha value is -1.62. The van der Waals surface area contributed by atoms with Gasteiger partial charge in [-0.15, -0.1) is 0 Å². The highest BCUT2D eigenvalue weighted by atomic mass is 79.9. The van der Waals surface area contributed by atoms with Crippen molar-refractivity contribution in [3.63, 3.8) is 0 Å². The minimum atomic E-state index is 0.290. The third-order valence-electron chi connectivity index (χ3n) is 2.99. The van der Waals surface area contributed by atoms with Crippen LogP contribution in [0.3, 0.4) is 0 Å². The van der Waals surface area contributed by atoms with Crippen LogP contribution in [-0.2, 0) is 6.42 Å². The molecule has 0 amide bonds. The molecule has 0 saturated heterocycles. The van der Waals surface area contributed by atoms with Gasteiger partial charge in [0.1, 0.15) is 17.4 Å². The molecule has 0 aliphatic carbocycles. The molecule has 0 bridgehead atoms. The summed E-state index contributed by atoms with van der Waals surface area (Å²) in [6.07, 6.45) is 0.633. The first-order valence-electron chi connectivity index (χ1n) is 6.46. The zero-order valence-corrected chi connectivity index (χ0v) is 13.4. The lowest BCUT2D eigenvalue weighted by Gasteiger charge is -2.11. The zero-order chi connectivity index (χ0) is 14.7. The number of anilines is 1. The number of hydrogen-bond acceptors (Lipinski definition) is 4. The normalized spacial score (nSPS) is 10.8. The molecule has 2 rings (SSSR count). The molecule has 0 saturated carbocycles. The predicted octanol–water partition coefficient (Wildman–Crippen LogP) is 3.54. The molecule has 0 fully saturated rings. The minimum Gasteiger partial charge on any atom is -0.497 e. The third kappa shape index (κ3) is 3.28. The molecule has 1 aromatic heterocycles. The largest absolute Gasteiger partial charge is 0.497 e. The van der Waals surface area contributed by atoms with Gasteiger partial charge in [-0.05, 0) is 39.5 Å². The molecule has 5 heteroatoms. The molecule has 20 heavy (non-hydrogen) atoms. The second kappa shape index (κ2) is 6.22. The smallest absolute Gasteiger partial charge is 0.141 e. The van der Waals surface area contributed by atoms with Crippen LogP contribution in [0.1, 0.15) is 36.8 Å². The van der Waals surface area contributed by atoms with Gasteiger partial charge in [-0.2, -0.15) is 0 Å². The van der Waals surface area contributed by atoms with Crippen LogP contribution in [0.5, 0.6) is 5.75 Å². The Labute approximate surface area is 127 Å². The first-order chi connectivity index (χ1) is 9.51. The summed E-state index contributed by atoms with van der Waals surface area (Å²) in [7, 11) is 1.66. The van der Waals surface area contributed by atoms with Crippen molar-refractivity contribution in [2.45, 2.75) is 26.2 Å². The van der Waals surface area contributed by atoms with Crippen molar-refractivity contribution < 1.29 is 4.74 Å². The monoisotopic (exact) mass is 335 g/mol. The lowest BCUT2D eigenvalue weighted by Crippen LogP contribution is -2.07. The Bertz CT molecular complexity index is 614. The van der Waals surface area contributed by atoms with Gasteiger partial charge in [-0.1, -0.05) is 26.0 Å². The van der Waals surface area contributed by atoms with E-state index < -0.39 is 0 Å². The van der Waals surface area contributed by atoms with E-state index in [4.69, 9.17) is 10.5 Å². The summed E-state index contributed by atoms with van der Waals surface area (Å²) in [6, 6.07) is 7.88. The summed E-state index contributed by atoms with van der Waals surface area (Å²) in [5.41, 5.74) is 7.98. The van der Waals surface area contributed by atoms with Gasteiger partial charge in [0.25, 0.3) is 0 Å². The van der Waals surface area contributed by atoms with Gasteiger partial charge in [0, 0.05) is 6.42 Å². The van der Waals surface area contributed by atoms with Crippen LogP contribution in [0, 0.1) is 0 Å². The number of nitrogens with two attached hydrogens (primary N) is 1. The van der Waals surface area contributed by atoms with Crippen molar-refractivity contribution in [3.8, 4) is 5.75 Å².